The first kappa shape index (κ1) is 19.4. The molecule has 0 amide bonds. The van der Waals surface area contributed by atoms with Crippen LogP contribution in [0.25, 0.3) is 16.7 Å². The number of aryl methyl sites for hydroxylation is 1. The van der Waals surface area contributed by atoms with E-state index in [1.165, 1.54) is 11.3 Å². The second kappa shape index (κ2) is 7.63. The van der Waals surface area contributed by atoms with Gasteiger partial charge in [-0.2, -0.15) is 5.26 Å². The zero-order valence-corrected chi connectivity index (χ0v) is 18.3. The normalized spacial score (nSPS) is 14.5. The van der Waals surface area contributed by atoms with Crippen LogP contribution in [0.3, 0.4) is 0 Å². The van der Waals surface area contributed by atoms with Crippen LogP contribution in [0.2, 0.25) is 0 Å². The first-order valence-corrected chi connectivity index (χ1v) is 11.0. The largest absolute Gasteiger partial charge is 0.368 e. The molecule has 0 N–H and O–H groups in total. The first-order valence-electron chi connectivity index (χ1n) is 11.0. The van der Waals surface area contributed by atoms with Gasteiger partial charge in [-0.1, -0.05) is 44.2 Å². The molecule has 5 rings (SSSR count). The van der Waals surface area contributed by atoms with E-state index in [0.29, 0.717) is 5.56 Å². The van der Waals surface area contributed by atoms with Crippen molar-refractivity contribution in [1.29, 1.82) is 5.26 Å². The van der Waals surface area contributed by atoms with Crippen LogP contribution >= 0.6 is 0 Å². The maximum absolute atomic E-state index is 9.95. The molecule has 1 aliphatic heterocycles. The van der Waals surface area contributed by atoms with Gasteiger partial charge in [-0.05, 0) is 48.2 Å². The fourth-order valence-corrected chi connectivity index (χ4v) is 4.73. The molecule has 0 atom stereocenters. The molecule has 2 aromatic carbocycles. The summed E-state index contributed by atoms with van der Waals surface area (Å²) in [4.78, 5) is 9.78. The molecule has 2 aromatic heterocycles. The van der Waals surface area contributed by atoms with Crippen molar-refractivity contribution in [3.8, 4) is 6.07 Å². The van der Waals surface area contributed by atoms with Crippen molar-refractivity contribution in [2.75, 3.05) is 36.0 Å². The minimum atomic E-state index is 0.256. The van der Waals surface area contributed by atoms with Crippen LogP contribution < -0.4 is 9.80 Å². The van der Waals surface area contributed by atoms with Crippen molar-refractivity contribution in [1.82, 2.24) is 9.38 Å². The van der Waals surface area contributed by atoms with Crippen molar-refractivity contribution in [2.45, 2.75) is 26.7 Å². The molecule has 5 nitrogen and oxygen atoms in total. The number of hydrogen-bond acceptors (Lipinski definition) is 4. The zero-order chi connectivity index (χ0) is 21.5. The van der Waals surface area contributed by atoms with Crippen LogP contribution in [0, 0.1) is 18.3 Å². The van der Waals surface area contributed by atoms with Gasteiger partial charge in [0.1, 0.15) is 11.9 Å². The summed E-state index contributed by atoms with van der Waals surface area (Å²) in [5.41, 5.74) is 7.16. The van der Waals surface area contributed by atoms with Crippen LogP contribution in [-0.2, 0) is 0 Å². The number of nitriles is 1. The van der Waals surface area contributed by atoms with E-state index in [1.54, 1.807) is 0 Å². The van der Waals surface area contributed by atoms with Crippen LogP contribution in [0.5, 0.6) is 0 Å². The third-order valence-corrected chi connectivity index (χ3v) is 6.38. The summed E-state index contributed by atoms with van der Waals surface area (Å²) >= 11 is 0. The Morgan fingerprint density at radius 3 is 2.32 bits per heavy atom. The number of anilines is 2. The molecule has 0 spiro atoms. The van der Waals surface area contributed by atoms with Gasteiger partial charge in [0, 0.05) is 31.9 Å². The Morgan fingerprint density at radius 1 is 0.935 bits per heavy atom. The molecule has 156 valence electrons. The number of fused-ring (bicyclic) bond motifs is 3. The van der Waals surface area contributed by atoms with E-state index >= 15 is 0 Å². The molecule has 0 radical (unpaired) electrons. The highest BCUT2D eigenvalue weighted by molar-refractivity contribution is 5.85. The summed E-state index contributed by atoms with van der Waals surface area (Å²) in [6.45, 7) is 10.3. The Bertz CT molecular complexity index is 1300. The van der Waals surface area contributed by atoms with Gasteiger partial charge >= 0.3 is 0 Å². The van der Waals surface area contributed by atoms with E-state index in [1.807, 2.05) is 18.2 Å². The monoisotopic (exact) mass is 409 g/mol. The molecule has 3 heterocycles. The number of imidazole rings is 1. The van der Waals surface area contributed by atoms with Gasteiger partial charge in [0.2, 0.25) is 0 Å². The minimum Gasteiger partial charge on any atom is -0.368 e. The molecule has 4 aromatic rings. The molecule has 1 saturated heterocycles. The van der Waals surface area contributed by atoms with Crippen molar-refractivity contribution >= 4 is 28.2 Å². The fraction of sp³-hybridized carbons (Fsp3) is 0.308. The molecular weight excluding hydrogens is 382 g/mol. The van der Waals surface area contributed by atoms with Crippen molar-refractivity contribution in [3.63, 3.8) is 0 Å². The van der Waals surface area contributed by atoms with Crippen molar-refractivity contribution in [3.05, 3.63) is 71.3 Å². The van der Waals surface area contributed by atoms with Crippen molar-refractivity contribution in [2.24, 2.45) is 0 Å². The van der Waals surface area contributed by atoms with Gasteiger partial charge in [0.05, 0.1) is 16.6 Å². The highest BCUT2D eigenvalue weighted by Crippen LogP contribution is 2.33. The highest BCUT2D eigenvalue weighted by atomic mass is 15.3. The van der Waals surface area contributed by atoms with Crippen LogP contribution in [0.15, 0.2) is 54.6 Å². The summed E-state index contributed by atoms with van der Waals surface area (Å²) in [7, 11) is 0. The summed E-state index contributed by atoms with van der Waals surface area (Å²) in [6.07, 6.45) is 0. The number of nitrogens with zero attached hydrogens (tertiary/aromatic N) is 5. The minimum absolute atomic E-state index is 0.256. The zero-order valence-electron chi connectivity index (χ0n) is 18.3. The fourth-order valence-electron chi connectivity index (χ4n) is 4.73. The van der Waals surface area contributed by atoms with E-state index in [2.05, 4.69) is 77.4 Å². The Balaban J connectivity index is 1.60. The van der Waals surface area contributed by atoms with E-state index in [9.17, 15) is 5.26 Å². The number of piperazine rings is 1. The number of rotatable bonds is 3. The van der Waals surface area contributed by atoms with E-state index in [-0.39, 0.29) is 5.92 Å². The summed E-state index contributed by atoms with van der Waals surface area (Å²) in [6, 6.07) is 21.4. The van der Waals surface area contributed by atoms with Gasteiger partial charge in [0.15, 0.2) is 5.65 Å². The lowest BCUT2D eigenvalue weighted by Gasteiger charge is -2.38. The third-order valence-electron chi connectivity index (χ3n) is 6.38. The molecule has 0 saturated carbocycles. The smallest absolute Gasteiger partial charge is 0.157 e. The predicted molar refractivity (Wildman–Crippen MR) is 127 cm³/mol. The molecular formula is C26H27N5. The molecule has 0 aliphatic carbocycles. The SMILES string of the molecule is Cc1ccccc1N1CCN(c2cc(C(C)C)c(C#N)c3nc4ccccc4n23)CC1. The van der Waals surface area contributed by atoms with Crippen LogP contribution in [0.1, 0.15) is 36.5 Å². The average molecular weight is 410 g/mol. The second-order valence-corrected chi connectivity index (χ2v) is 8.62. The molecule has 1 aliphatic rings. The van der Waals surface area contributed by atoms with Gasteiger partial charge in [0.25, 0.3) is 0 Å². The standard InChI is InChI=1S/C26H27N5/c1-18(2)20-16-25(30-14-12-29(13-15-30)23-10-6-4-8-19(23)3)31-24-11-7-5-9-22(24)28-26(31)21(20)17-27/h4-11,16,18H,12-15H2,1-3H3. The topological polar surface area (TPSA) is 47.6 Å². The lowest BCUT2D eigenvalue weighted by molar-refractivity contribution is 0.643. The molecule has 31 heavy (non-hydrogen) atoms. The Kier molecular flexibility index (Phi) is 4.78. The third kappa shape index (κ3) is 3.19. The van der Waals surface area contributed by atoms with Gasteiger partial charge < -0.3 is 9.80 Å². The maximum atomic E-state index is 9.95. The maximum Gasteiger partial charge on any atom is 0.157 e. The van der Waals surface area contributed by atoms with E-state index in [0.717, 1.165) is 54.2 Å². The van der Waals surface area contributed by atoms with Crippen molar-refractivity contribution < 1.29 is 0 Å². The first-order chi connectivity index (χ1) is 15.1. The number of aromatic nitrogens is 2. The van der Waals surface area contributed by atoms with E-state index in [4.69, 9.17) is 4.98 Å². The van der Waals surface area contributed by atoms with Crippen LogP contribution in [-0.4, -0.2) is 35.6 Å². The number of para-hydroxylation sites is 3. The molecule has 0 bridgehead atoms. The summed E-state index contributed by atoms with van der Waals surface area (Å²) < 4.78 is 2.18. The van der Waals surface area contributed by atoms with E-state index < -0.39 is 0 Å². The summed E-state index contributed by atoms with van der Waals surface area (Å²) in [5, 5.41) is 9.95. The quantitative estimate of drug-likeness (QED) is 0.471. The Hall–Kier alpha value is -3.52. The molecule has 1 fully saturated rings. The number of pyridine rings is 1. The molecule has 5 heteroatoms. The Labute approximate surface area is 183 Å². The highest BCUT2D eigenvalue weighted by Gasteiger charge is 2.24. The van der Waals surface area contributed by atoms with Gasteiger partial charge in [-0.3, -0.25) is 4.40 Å². The number of benzene rings is 2. The second-order valence-electron chi connectivity index (χ2n) is 8.62. The summed E-state index contributed by atoms with van der Waals surface area (Å²) in [5.74, 6) is 1.39. The number of hydrogen-bond donors (Lipinski definition) is 0. The van der Waals surface area contributed by atoms with Gasteiger partial charge in [-0.15, -0.1) is 0 Å². The Morgan fingerprint density at radius 2 is 1.61 bits per heavy atom. The predicted octanol–water partition coefficient (Wildman–Crippen LogP) is 5.12. The van der Waals surface area contributed by atoms with Crippen LogP contribution in [0.4, 0.5) is 11.5 Å². The lowest BCUT2D eigenvalue weighted by Crippen LogP contribution is -2.47. The molecule has 0 unspecified atom stereocenters. The average Bonchev–Trinajstić information content (AvgIpc) is 3.18. The lowest BCUT2D eigenvalue weighted by atomic mass is 9.98. The van der Waals surface area contributed by atoms with Gasteiger partial charge in [-0.25, -0.2) is 4.98 Å².